The van der Waals surface area contributed by atoms with Gasteiger partial charge in [0, 0.05) is 19.1 Å². The van der Waals surface area contributed by atoms with E-state index >= 15 is 0 Å². The van der Waals surface area contributed by atoms with Crippen molar-refractivity contribution < 1.29 is 5.11 Å². The number of hydrogen-bond acceptors (Lipinski definition) is 2. The highest BCUT2D eigenvalue weighted by molar-refractivity contribution is 5.53. The third-order valence-corrected chi connectivity index (χ3v) is 4.91. The second kappa shape index (κ2) is 8.09. The highest BCUT2D eigenvalue weighted by Crippen LogP contribution is 2.39. The van der Waals surface area contributed by atoms with Gasteiger partial charge in [-0.2, -0.15) is 0 Å². The molecule has 1 aliphatic heterocycles. The van der Waals surface area contributed by atoms with E-state index in [1.54, 1.807) is 13.0 Å². The van der Waals surface area contributed by atoms with Crippen LogP contribution in [0.1, 0.15) is 70.8 Å². The fourth-order valence-corrected chi connectivity index (χ4v) is 3.12. The van der Waals surface area contributed by atoms with Crippen molar-refractivity contribution in [2.75, 3.05) is 0 Å². The summed E-state index contributed by atoms with van der Waals surface area (Å²) in [5, 5.41) is 22.5. The predicted octanol–water partition coefficient (Wildman–Crippen LogP) is 5.41. The highest BCUT2D eigenvalue weighted by Gasteiger charge is 2.45. The quantitative estimate of drug-likeness (QED) is 0.356. The molecule has 0 spiro atoms. The molecule has 0 radical (unpaired) electrons. The van der Waals surface area contributed by atoms with Crippen molar-refractivity contribution in [3.8, 4) is 0 Å². The van der Waals surface area contributed by atoms with Gasteiger partial charge in [0.1, 0.15) is 11.9 Å². The molecule has 23 heavy (non-hydrogen) atoms. The Morgan fingerprint density at radius 1 is 0.957 bits per heavy atom. The van der Waals surface area contributed by atoms with E-state index in [1.165, 1.54) is 63.1 Å². The van der Waals surface area contributed by atoms with Gasteiger partial charge in [0.25, 0.3) is 0 Å². The maximum absolute atomic E-state index is 12.5. The van der Waals surface area contributed by atoms with Gasteiger partial charge in [-0.25, -0.2) is 0 Å². The molecule has 0 saturated carbocycles. The fourth-order valence-electron chi connectivity index (χ4n) is 3.12. The van der Waals surface area contributed by atoms with Crippen molar-refractivity contribution in [1.82, 2.24) is 4.65 Å². The number of unbranched alkanes of at least 4 members (excludes halogenated alkanes) is 7. The fraction of sp³-hybridized carbons (Fsp3) is 0.600. The molecule has 0 amide bonds. The van der Waals surface area contributed by atoms with Crippen molar-refractivity contribution in [3.05, 3.63) is 47.3 Å². The van der Waals surface area contributed by atoms with Gasteiger partial charge in [-0.15, -0.1) is 0 Å². The third-order valence-electron chi connectivity index (χ3n) is 4.91. The summed E-state index contributed by atoms with van der Waals surface area (Å²) in [6.45, 7) is 3.80. The number of hydroxylamine groups is 2. The van der Waals surface area contributed by atoms with Crippen molar-refractivity contribution in [1.29, 1.82) is 0 Å². The Hall–Kier alpha value is -1.16. The largest absolute Gasteiger partial charge is 0.620 e. The molecule has 0 fully saturated rings. The van der Waals surface area contributed by atoms with Gasteiger partial charge in [0.05, 0.1) is 6.08 Å². The van der Waals surface area contributed by atoms with Gasteiger partial charge in [-0.3, -0.25) is 4.65 Å². The van der Waals surface area contributed by atoms with Crippen LogP contribution in [0, 0.1) is 5.21 Å². The Balaban J connectivity index is 1.69. The number of quaternary nitrogens is 1. The molecule has 3 nitrogen and oxygen atoms in total. The molecule has 0 saturated heterocycles. The van der Waals surface area contributed by atoms with E-state index in [1.807, 2.05) is 24.3 Å². The predicted molar refractivity (Wildman–Crippen MR) is 97.7 cm³/mol. The average Bonchev–Trinajstić information content (AvgIpc) is 2.56. The summed E-state index contributed by atoms with van der Waals surface area (Å²) in [5.41, 5.74) is 0.534. The minimum atomic E-state index is -1.33. The standard InChI is InChI=1S/C20H31NO2/c1-3-4-5-6-7-8-9-10-11-18-12-14-19(15-13-18)21(23)17-16-20(21,2)22/h12-17,22H,3-11H2,1-2H3. The minimum absolute atomic E-state index is 0.595. The van der Waals surface area contributed by atoms with Crippen LogP contribution in [0.15, 0.2) is 36.5 Å². The first-order valence-corrected chi connectivity index (χ1v) is 9.12. The number of benzene rings is 1. The van der Waals surface area contributed by atoms with Gasteiger partial charge in [-0.1, -0.05) is 64.0 Å². The molecular weight excluding hydrogens is 286 g/mol. The second-order valence-electron chi connectivity index (χ2n) is 6.96. The zero-order valence-corrected chi connectivity index (χ0v) is 14.6. The lowest BCUT2D eigenvalue weighted by atomic mass is 10.0. The Kier molecular flexibility index (Phi) is 6.40. The first-order chi connectivity index (χ1) is 11.0. The summed E-state index contributed by atoms with van der Waals surface area (Å²) in [6.07, 6.45) is 14.7. The molecule has 0 bridgehead atoms. The molecule has 128 valence electrons. The average molecular weight is 317 g/mol. The smallest absolute Gasteiger partial charge is 0.231 e. The van der Waals surface area contributed by atoms with Crippen molar-refractivity contribution in [2.45, 2.75) is 77.4 Å². The van der Waals surface area contributed by atoms with Crippen LogP contribution in [-0.4, -0.2) is 10.8 Å². The first kappa shape index (κ1) is 18.2. The second-order valence-corrected chi connectivity index (χ2v) is 6.96. The number of nitrogens with zero attached hydrogens (tertiary/aromatic N) is 1. The molecule has 1 N–H and O–H groups in total. The summed E-state index contributed by atoms with van der Waals surface area (Å²) in [7, 11) is 0. The molecule has 2 atom stereocenters. The van der Waals surface area contributed by atoms with E-state index < -0.39 is 10.4 Å². The third kappa shape index (κ3) is 4.43. The van der Waals surface area contributed by atoms with Crippen LogP contribution < -0.4 is 4.65 Å². The maximum atomic E-state index is 12.5. The summed E-state index contributed by atoms with van der Waals surface area (Å²) in [5.74, 6) is 0. The summed E-state index contributed by atoms with van der Waals surface area (Å²) < 4.78 is -0.773. The van der Waals surface area contributed by atoms with Gasteiger partial charge in [0.2, 0.25) is 5.72 Å². The molecule has 0 aliphatic carbocycles. The van der Waals surface area contributed by atoms with Crippen LogP contribution in [0.4, 0.5) is 5.69 Å². The van der Waals surface area contributed by atoms with Crippen LogP contribution >= 0.6 is 0 Å². The van der Waals surface area contributed by atoms with Gasteiger partial charge in [0.15, 0.2) is 0 Å². The Morgan fingerprint density at radius 2 is 1.52 bits per heavy atom. The molecule has 2 unspecified atom stereocenters. The van der Waals surface area contributed by atoms with Gasteiger partial charge >= 0.3 is 0 Å². The van der Waals surface area contributed by atoms with E-state index in [9.17, 15) is 10.3 Å². The van der Waals surface area contributed by atoms with Crippen LogP contribution in [0.5, 0.6) is 0 Å². The summed E-state index contributed by atoms with van der Waals surface area (Å²) in [4.78, 5) is 0. The van der Waals surface area contributed by atoms with E-state index in [-0.39, 0.29) is 0 Å². The summed E-state index contributed by atoms with van der Waals surface area (Å²) in [6, 6.07) is 7.75. The number of aryl methyl sites for hydroxylation is 1. The maximum Gasteiger partial charge on any atom is 0.231 e. The Bertz CT molecular complexity index is 507. The van der Waals surface area contributed by atoms with Crippen molar-refractivity contribution in [2.24, 2.45) is 0 Å². The zero-order valence-electron chi connectivity index (χ0n) is 14.6. The van der Waals surface area contributed by atoms with Crippen LogP contribution in [0.3, 0.4) is 0 Å². The lowest BCUT2D eigenvalue weighted by Crippen LogP contribution is -2.61. The number of aliphatic hydroxyl groups is 1. The first-order valence-electron chi connectivity index (χ1n) is 9.12. The van der Waals surface area contributed by atoms with E-state index in [0.717, 1.165) is 6.42 Å². The van der Waals surface area contributed by atoms with Crippen LogP contribution in [0.2, 0.25) is 0 Å². The van der Waals surface area contributed by atoms with Gasteiger partial charge < -0.3 is 10.3 Å². The molecule has 1 aromatic rings. The molecule has 1 aromatic carbocycles. The zero-order chi connectivity index (χ0) is 16.8. The topological polar surface area (TPSA) is 43.3 Å². The van der Waals surface area contributed by atoms with E-state index in [2.05, 4.69) is 6.92 Å². The SMILES string of the molecule is CCCCCCCCCCc1ccc([N+]2([O-])C=CC2(C)O)cc1. The van der Waals surface area contributed by atoms with Crippen LogP contribution in [-0.2, 0) is 6.42 Å². The molecule has 0 aromatic heterocycles. The molecule has 3 heteroatoms. The lowest BCUT2D eigenvalue weighted by molar-refractivity contribution is -0.0171. The number of rotatable bonds is 10. The van der Waals surface area contributed by atoms with E-state index in [0.29, 0.717) is 5.69 Å². The lowest BCUT2D eigenvalue weighted by Gasteiger charge is -2.52. The summed E-state index contributed by atoms with van der Waals surface area (Å²) >= 11 is 0. The van der Waals surface area contributed by atoms with Gasteiger partial charge in [-0.05, 0) is 18.4 Å². The molecule has 1 heterocycles. The highest BCUT2D eigenvalue weighted by atomic mass is 16.6. The number of hydrogen-bond donors (Lipinski definition) is 1. The Morgan fingerprint density at radius 3 is 2.00 bits per heavy atom. The normalized spacial score (nSPS) is 26.3. The minimum Gasteiger partial charge on any atom is -0.620 e. The molecular formula is C20H31NO2. The van der Waals surface area contributed by atoms with Crippen LogP contribution in [0.25, 0.3) is 0 Å². The Labute approximate surface area is 140 Å². The van der Waals surface area contributed by atoms with E-state index in [4.69, 9.17) is 0 Å². The van der Waals surface area contributed by atoms with Crippen molar-refractivity contribution in [3.63, 3.8) is 0 Å². The molecule has 1 aliphatic rings. The molecule has 2 rings (SSSR count). The monoisotopic (exact) mass is 317 g/mol. The van der Waals surface area contributed by atoms with Crippen molar-refractivity contribution >= 4 is 5.69 Å².